The van der Waals surface area contributed by atoms with Crippen molar-refractivity contribution in [2.75, 3.05) is 40.5 Å². The van der Waals surface area contributed by atoms with Crippen LogP contribution in [0, 0.1) is 17.3 Å². The van der Waals surface area contributed by atoms with Crippen LogP contribution in [-0.2, 0) is 16.0 Å². The number of carbonyl (C=O) groups excluding carboxylic acids is 1. The summed E-state index contributed by atoms with van der Waals surface area (Å²) < 4.78 is 10.4. The zero-order chi connectivity index (χ0) is 18.4. The zero-order valence-corrected chi connectivity index (χ0v) is 16.1. The van der Waals surface area contributed by atoms with Gasteiger partial charge in [-0.05, 0) is 55.2 Å². The Kier molecular flexibility index (Phi) is 6.54. The maximum Gasteiger partial charge on any atom is 0.226 e. The summed E-state index contributed by atoms with van der Waals surface area (Å²) in [5.74, 6) is 2.33. The van der Waals surface area contributed by atoms with Gasteiger partial charge in [-0.3, -0.25) is 4.79 Å². The summed E-state index contributed by atoms with van der Waals surface area (Å²) in [5, 5.41) is 6.49. The summed E-state index contributed by atoms with van der Waals surface area (Å²) in [6.45, 7) is 2.95. The molecule has 144 valence electrons. The second-order valence-corrected chi connectivity index (χ2v) is 7.76. The predicted octanol–water partition coefficient (Wildman–Crippen LogP) is 2.40. The molecule has 2 N–H and O–H groups in total. The number of carbonyl (C=O) groups is 1. The molecule has 0 radical (unpaired) electrons. The van der Waals surface area contributed by atoms with E-state index in [4.69, 9.17) is 9.47 Å². The fraction of sp³-hybridized carbons (Fsp3) is 0.667. The molecule has 1 aromatic carbocycles. The topological polar surface area (TPSA) is 59.6 Å². The monoisotopic (exact) mass is 360 g/mol. The van der Waals surface area contributed by atoms with Gasteiger partial charge < -0.3 is 20.1 Å². The third-order valence-corrected chi connectivity index (χ3v) is 6.15. The van der Waals surface area contributed by atoms with Crippen molar-refractivity contribution in [3.63, 3.8) is 0 Å². The van der Waals surface area contributed by atoms with Crippen molar-refractivity contribution < 1.29 is 14.3 Å². The van der Waals surface area contributed by atoms with Gasteiger partial charge in [-0.2, -0.15) is 0 Å². The van der Waals surface area contributed by atoms with Crippen LogP contribution in [0.1, 0.15) is 31.2 Å². The molecular formula is C21H32N2O3. The van der Waals surface area contributed by atoms with Gasteiger partial charge in [-0.1, -0.05) is 18.6 Å². The van der Waals surface area contributed by atoms with Crippen molar-refractivity contribution in [2.45, 2.75) is 32.1 Å². The highest BCUT2D eigenvalue weighted by atomic mass is 16.5. The van der Waals surface area contributed by atoms with Crippen molar-refractivity contribution in [2.24, 2.45) is 17.3 Å². The molecule has 0 saturated heterocycles. The van der Waals surface area contributed by atoms with Crippen LogP contribution < -0.4 is 15.4 Å². The van der Waals surface area contributed by atoms with Gasteiger partial charge in [0.15, 0.2) is 0 Å². The molecule has 2 aliphatic carbocycles. The second-order valence-electron chi connectivity index (χ2n) is 7.76. The van der Waals surface area contributed by atoms with E-state index in [9.17, 15) is 4.79 Å². The number of hydrogen-bond donors (Lipinski definition) is 2. The van der Waals surface area contributed by atoms with Crippen LogP contribution in [0.3, 0.4) is 0 Å². The molecule has 2 fully saturated rings. The first kappa shape index (κ1) is 19.2. The van der Waals surface area contributed by atoms with Crippen LogP contribution in [-0.4, -0.2) is 46.4 Å². The molecule has 1 aromatic rings. The number of amides is 1. The maximum atomic E-state index is 13.2. The van der Waals surface area contributed by atoms with E-state index in [0.717, 1.165) is 37.6 Å². The standard InChI is InChI=1S/C21H32N2O3/c1-25-11-10-22-8-9-23-20(24)21(15-17-6-7-18(21)12-17)14-16-4-3-5-19(13-16)26-2/h3-5,13,17-18,22H,6-12,14-15H2,1-2H3,(H,23,24). The lowest BCUT2D eigenvalue weighted by molar-refractivity contribution is -0.134. The van der Waals surface area contributed by atoms with Gasteiger partial charge in [0.05, 0.1) is 19.1 Å². The van der Waals surface area contributed by atoms with E-state index in [1.54, 1.807) is 14.2 Å². The third-order valence-electron chi connectivity index (χ3n) is 6.15. The molecule has 1 amide bonds. The van der Waals surface area contributed by atoms with Crippen LogP contribution in [0.2, 0.25) is 0 Å². The molecule has 0 spiro atoms. The molecule has 3 atom stereocenters. The van der Waals surface area contributed by atoms with E-state index in [-0.39, 0.29) is 11.3 Å². The minimum atomic E-state index is -0.248. The van der Waals surface area contributed by atoms with Gasteiger partial charge in [0.2, 0.25) is 5.91 Å². The van der Waals surface area contributed by atoms with Gasteiger partial charge >= 0.3 is 0 Å². The van der Waals surface area contributed by atoms with Crippen molar-refractivity contribution in [3.8, 4) is 5.75 Å². The van der Waals surface area contributed by atoms with Gasteiger partial charge in [0.25, 0.3) is 0 Å². The molecule has 26 heavy (non-hydrogen) atoms. The molecule has 0 aromatic heterocycles. The highest BCUT2D eigenvalue weighted by molar-refractivity contribution is 5.84. The Labute approximate surface area is 156 Å². The Hall–Kier alpha value is -1.59. The zero-order valence-electron chi connectivity index (χ0n) is 16.1. The van der Waals surface area contributed by atoms with E-state index in [1.165, 1.54) is 24.8 Å². The maximum absolute atomic E-state index is 13.2. The van der Waals surface area contributed by atoms with Crippen molar-refractivity contribution in [3.05, 3.63) is 29.8 Å². The van der Waals surface area contributed by atoms with Crippen molar-refractivity contribution in [1.82, 2.24) is 10.6 Å². The smallest absolute Gasteiger partial charge is 0.226 e. The van der Waals surface area contributed by atoms with Crippen molar-refractivity contribution in [1.29, 1.82) is 0 Å². The number of hydrogen-bond acceptors (Lipinski definition) is 4. The molecule has 2 aliphatic rings. The van der Waals surface area contributed by atoms with Gasteiger partial charge in [-0.15, -0.1) is 0 Å². The fourth-order valence-electron chi connectivity index (χ4n) is 4.91. The Balaban J connectivity index is 1.64. The third kappa shape index (κ3) is 4.21. The Bertz CT molecular complexity index is 607. The summed E-state index contributed by atoms with van der Waals surface area (Å²) >= 11 is 0. The average molecular weight is 360 g/mol. The highest BCUT2D eigenvalue weighted by Crippen LogP contribution is 2.57. The number of fused-ring (bicyclic) bond motifs is 2. The number of benzene rings is 1. The summed E-state index contributed by atoms with van der Waals surface area (Å²) in [5.41, 5.74) is 0.951. The first-order chi connectivity index (χ1) is 12.7. The van der Waals surface area contributed by atoms with Gasteiger partial charge in [0.1, 0.15) is 5.75 Å². The van der Waals surface area contributed by atoms with E-state index in [1.807, 2.05) is 12.1 Å². The first-order valence-corrected chi connectivity index (χ1v) is 9.79. The number of methoxy groups -OCH3 is 2. The van der Waals surface area contributed by atoms with Gasteiger partial charge in [0, 0.05) is 26.7 Å². The molecule has 2 bridgehead atoms. The van der Waals surface area contributed by atoms with Crippen LogP contribution >= 0.6 is 0 Å². The lowest BCUT2D eigenvalue weighted by Crippen LogP contribution is -2.47. The van der Waals surface area contributed by atoms with E-state index < -0.39 is 0 Å². The lowest BCUT2D eigenvalue weighted by atomic mass is 9.68. The van der Waals surface area contributed by atoms with E-state index in [2.05, 4.69) is 22.8 Å². The number of rotatable bonds is 10. The molecule has 0 heterocycles. The SMILES string of the molecule is COCCNCCNC(=O)C1(Cc2cccc(OC)c2)CC2CCC1C2. The van der Waals surface area contributed by atoms with Crippen LogP contribution in [0.4, 0.5) is 0 Å². The summed E-state index contributed by atoms with van der Waals surface area (Å²) in [6.07, 6.45) is 5.53. The molecular weight excluding hydrogens is 328 g/mol. The largest absolute Gasteiger partial charge is 0.497 e. The number of nitrogens with one attached hydrogen (secondary N) is 2. The Morgan fingerprint density at radius 2 is 2.12 bits per heavy atom. The molecule has 0 aliphatic heterocycles. The number of ether oxygens (including phenoxy) is 2. The molecule has 5 nitrogen and oxygen atoms in total. The first-order valence-electron chi connectivity index (χ1n) is 9.79. The van der Waals surface area contributed by atoms with E-state index >= 15 is 0 Å². The van der Waals surface area contributed by atoms with Gasteiger partial charge in [-0.25, -0.2) is 0 Å². The average Bonchev–Trinajstić information content (AvgIpc) is 3.26. The molecule has 3 rings (SSSR count). The minimum Gasteiger partial charge on any atom is -0.497 e. The highest BCUT2D eigenvalue weighted by Gasteiger charge is 2.55. The fourth-order valence-corrected chi connectivity index (χ4v) is 4.91. The van der Waals surface area contributed by atoms with E-state index in [0.29, 0.717) is 19.1 Å². The normalized spacial score (nSPS) is 26.8. The summed E-state index contributed by atoms with van der Waals surface area (Å²) in [7, 11) is 3.39. The quantitative estimate of drug-likeness (QED) is 0.629. The van der Waals surface area contributed by atoms with Crippen molar-refractivity contribution >= 4 is 5.91 Å². The summed E-state index contributed by atoms with van der Waals surface area (Å²) in [6, 6.07) is 8.18. The summed E-state index contributed by atoms with van der Waals surface area (Å²) in [4.78, 5) is 13.2. The Morgan fingerprint density at radius 1 is 1.23 bits per heavy atom. The molecule has 5 heteroatoms. The molecule has 3 unspecified atom stereocenters. The Morgan fingerprint density at radius 3 is 2.81 bits per heavy atom. The van der Waals surface area contributed by atoms with Crippen LogP contribution in [0.5, 0.6) is 5.75 Å². The predicted molar refractivity (Wildman–Crippen MR) is 102 cm³/mol. The molecule has 2 saturated carbocycles. The van der Waals surface area contributed by atoms with Crippen LogP contribution in [0.15, 0.2) is 24.3 Å². The van der Waals surface area contributed by atoms with Crippen LogP contribution in [0.25, 0.3) is 0 Å². The minimum absolute atomic E-state index is 0.237. The second kappa shape index (κ2) is 8.87. The lowest BCUT2D eigenvalue weighted by Gasteiger charge is -2.36.